The summed E-state index contributed by atoms with van der Waals surface area (Å²) < 4.78 is 0. The summed E-state index contributed by atoms with van der Waals surface area (Å²) in [5.74, 6) is 3.06. The second kappa shape index (κ2) is 11.8. The Bertz CT molecular complexity index is 571. The van der Waals surface area contributed by atoms with E-state index in [2.05, 4.69) is 44.2 Å². The van der Waals surface area contributed by atoms with Crippen molar-refractivity contribution in [3.05, 3.63) is 47.0 Å². The van der Waals surface area contributed by atoms with Crippen LogP contribution in [0.25, 0.3) is 0 Å². The Morgan fingerprint density at radius 3 is 2.04 bits per heavy atom. The van der Waals surface area contributed by atoms with Gasteiger partial charge in [-0.2, -0.15) is 0 Å². The van der Waals surface area contributed by atoms with E-state index in [4.69, 9.17) is 0 Å². The minimum atomic E-state index is 0.994. The molecule has 0 heterocycles. The third-order valence-electron chi connectivity index (χ3n) is 7.76. The van der Waals surface area contributed by atoms with Gasteiger partial charge in [0, 0.05) is 0 Å². The van der Waals surface area contributed by atoms with Crippen LogP contribution in [-0.4, -0.2) is 0 Å². The average Bonchev–Trinajstić information content (AvgIpc) is 2.76. The fraction of sp³-hybridized carbons (Fsp3) is 0.714. The molecule has 0 N–H and O–H groups in total. The summed E-state index contributed by atoms with van der Waals surface area (Å²) in [6.45, 7) is 4.66. The molecular formula is C28H44. The minimum Gasteiger partial charge on any atom is -0.0850 e. The lowest BCUT2D eigenvalue weighted by Crippen LogP contribution is -2.23. The van der Waals surface area contributed by atoms with E-state index in [0.717, 1.165) is 17.8 Å². The van der Waals surface area contributed by atoms with Crippen LogP contribution in [0, 0.1) is 17.8 Å². The molecule has 0 saturated heterocycles. The van der Waals surface area contributed by atoms with Crippen molar-refractivity contribution in [2.75, 3.05) is 0 Å². The third-order valence-corrected chi connectivity index (χ3v) is 7.76. The summed E-state index contributed by atoms with van der Waals surface area (Å²) in [7, 11) is 0. The topological polar surface area (TPSA) is 0 Å². The van der Waals surface area contributed by atoms with Gasteiger partial charge in [-0.25, -0.2) is 0 Å². The number of rotatable bonds is 10. The van der Waals surface area contributed by atoms with Gasteiger partial charge in [0.15, 0.2) is 0 Å². The van der Waals surface area contributed by atoms with Crippen molar-refractivity contribution in [3.8, 4) is 0 Å². The average molecular weight is 381 g/mol. The molecule has 0 radical (unpaired) electrons. The molecular weight excluding hydrogens is 336 g/mol. The second-order valence-electron chi connectivity index (χ2n) is 9.71. The molecule has 0 aliphatic heterocycles. The van der Waals surface area contributed by atoms with Gasteiger partial charge in [-0.05, 0) is 86.7 Å². The lowest BCUT2D eigenvalue weighted by molar-refractivity contribution is 0.189. The van der Waals surface area contributed by atoms with Crippen molar-refractivity contribution in [2.24, 2.45) is 17.8 Å². The Kier molecular flexibility index (Phi) is 9.16. The van der Waals surface area contributed by atoms with E-state index in [1.54, 1.807) is 5.57 Å². The molecule has 28 heavy (non-hydrogen) atoms. The predicted molar refractivity (Wildman–Crippen MR) is 124 cm³/mol. The SMILES string of the molecule is CCCCCCc1ccc(CCC2=CCC(C3CCC(CC)CC3)CC2)cc1. The van der Waals surface area contributed by atoms with E-state index >= 15 is 0 Å². The summed E-state index contributed by atoms with van der Waals surface area (Å²) in [4.78, 5) is 0. The molecule has 156 valence electrons. The second-order valence-corrected chi connectivity index (χ2v) is 9.71. The quantitative estimate of drug-likeness (QED) is 0.281. The maximum absolute atomic E-state index is 2.63. The van der Waals surface area contributed by atoms with Crippen molar-refractivity contribution in [2.45, 2.75) is 110 Å². The van der Waals surface area contributed by atoms with Gasteiger partial charge < -0.3 is 0 Å². The van der Waals surface area contributed by atoms with Gasteiger partial charge in [-0.3, -0.25) is 0 Å². The van der Waals surface area contributed by atoms with Crippen molar-refractivity contribution in [1.29, 1.82) is 0 Å². The zero-order chi connectivity index (χ0) is 19.6. The maximum Gasteiger partial charge on any atom is -0.0241 e. The van der Waals surface area contributed by atoms with Gasteiger partial charge >= 0.3 is 0 Å². The van der Waals surface area contributed by atoms with Crippen molar-refractivity contribution >= 4 is 0 Å². The number of allylic oxidation sites excluding steroid dienone is 2. The van der Waals surface area contributed by atoms with Gasteiger partial charge in [0.05, 0.1) is 0 Å². The van der Waals surface area contributed by atoms with E-state index in [1.807, 2.05) is 0 Å². The highest BCUT2D eigenvalue weighted by atomic mass is 14.3. The molecule has 1 fully saturated rings. The van der Waals surface area contributed by atoms with Crippen LogP contribution in [0.5, 0.6) is 0 Å². The number of unbranched alkanes of at least 4 members (excludes halogenated alkanes) is 3. The van der Waals surface area contributed by atoms with Crippen molar-refractivity contribution < 1.29 is 0 Å². The minimum absolute atomic E-state index is 0.994. The zero-order valence-electron chi connectivity index (χ0n) is 18.7. The third kappa shape index (κ3) is 6.78. The highest BCUT2D eigenvalue weighted by Gasteiger charge is 2.27. The largest absolute Gasteiger partial charge is 0.0850 e. The van der Waals surface area contributed by atoms with Crippen LogP contribution in [-0.2, 0) is 12.8 Å². The van der Waals surface area contributed by atoms with E-state index < -0.39 is 0 Å². The van der Waals surface area contributed by atoms with Crippen LogP contribution in [0.2, 0.25) is 0 Å². The first-order valence-electron chi connectivity index (χ1n) is 12.5. The Morgan fingerprint density at radius 1 is 0.714 bits per heavy atom. The molecule has 1 aromatic carbocycles. The van der Waals surface area contributed by atoms with Gasteiger partial charge in [0.25, 0.3) is 0 Å². The molecule has 1 unspecified atom stereocenters. The summed E-state index contributed by atoms with van der Waals surface area (Å²) in [5, 5.41) is 0. The first-order valence-corrected chi connectivity index (χ1v) is 12.5. The number of aryl methyl sites for hydroxylation is 2. The molecule has 0 nitrogen and oxygen atoms in total. The van der Waals surface area contributed by atoms with Crippen molar-refractivity contribution in [3.63, 3.8) is 0 Å². The predicted octanol–water partition coefficient (Wildman–Crippen LogP) is 8.68. The Labute approximate surface area is 175 Å². The molecule has 2 aliphatic rings. The molecule has 1 aromatic rings. The normalized spacial score (nSPS) is 25.5. The zero-order valence-corrected chi connectivity index (χ0v) is 18.7. The fourth-order valence-corrected chi connectivity index (χ4v) is 5.57. The fourth-order valence-electron chi connectivity index (χ4n) is 5.57. The molecule has 0 aromatic heterocycles. The maximum atomic E-state index is 2.63. The Morgan fingerprint density at radius 2 is 1.43 bits per heavy atom. The highest BCUT2D eigenvalue weighted by molar-refractivity contribution is 5.24. The first-order chi connectivity index (χ1) is 13.8. The van der Waals surface area contributed by atoms with Gasteiger partial charge in [0.1, 0.15) is 0 Å². The van der Waals surface area contributed by atoms with Crippen LogP contribution in [0.1, 0.15) is 108 Å². The lowest BCUT2D eigenvalue weighted by Gasteiger charge is -2.35. The standard InChI is InChI=1S/C28H44/c1-3-5-6-7-8-24-9-11-25(12-10-24)13-14-26-17-21-28(22-18-26)27-19-15-23(4-2)16-20-27/h9-12,17,23,27-28H,3-8,13-16,18-22H2,1-2H3. The van der Waals surface area contributed by atoms with E-state index in [0.29, 0.717) is 0 Å². The first kappa shape index (κ1) is 21.7. The van der Waals surface area contributed by atoms with Crippen molar-refractivity contribution in [1.82, 2.24) is 0 Å². The number of benzene rings is 1. The molecule has 0 heteroatoms. The molecule has 2 aliphatic carbocycles. The van der Waals surface area contributed by atoms with Crippen LogP contribution < -0.4 is 0 Å². The summed E-state index contributed by atoms with van der Waals surface area (Å²) in [5.41, 5.74) is 4.79. The van der Waals surface area contributed by atoms with Gasteiger partial charge in [-0.1, -0.05) is 88.3 Å². The number of hydrogen-bond acceptors (Lipinski definition) is 0. The molecule has 0 bridgehead atoms. The van der Waals surface area contributed by atoms with Crippen LogP contribution in [0.4, 0.5) is 0 Å². The smallest absolute Gasteiger partial charge is 0.0241 e. The van der Waals surface area contributed by atoms with E-state index in [1.165, 1.54) is 107 Å². The molecule has 1 atom stereocenters. The molecule has 0 amide bonds. The molecule has 3 rings (SSSR count). The van der Waals surface area contributed by atoms with Crippen LogP contribution in [0.3, 0.4) is 0 Å². The molecule has 0 spiro atoms. The highest BCUT2D eigenvalue weighted by Crippen LogP contribution is 2.40. The summed E-state index contributed by atoms with van der Waals surface area (Å²) in [6.07, 6.45) is 23.5. The lowest BCUT2D eigenvalue weighted by atomic mass is 9.71. The van der Waals surface area contributed by atoms with Crippen LogP contribution in [0.15, 0.2) is 35.9 Å². The van der Waals surface area contributed by atoms with Crippen LogP contribution >= 0.6 is 0 Å². The van der Waals surface area contributed by atoms with E-state index in [9.17, 15) is 0 Å². The summed E-state index contributed by atoms with van der Waals surface area (Å²) in [6, 6.07) is 9.51. The van der Waals surface area contributed by atoms with Gasteiger partial charge in [-0.15, -0.1) is 0 Å². The molecule has 1 saturated carbocycles. The monoisotopic (exact) mass is 380 g/mol. The number of hydrogen-bond donors (Lipinski definition) is 0. The summed E-state index contributed by atoms with van der Waals surface area (Å²) >= 11 is 0. The van der Waals surface area contributed by atoms with E-state index in [-0.39, 0.29) is 0 Å². The van der Waals surface area contributed by atoms with Gasteiger partial charge in [0.2, 0.25) is 0 Å². The Hall–Kier alpha value is -1.04. The Balaban J connectivity index is 1.37.